The van der Waals surface area contributed by atoms with Crippen LogP contribution in [0.4, 0.5) is 4.79 Å². The number of nitrogens with one attached hydrogen (secondary N) is 1. The Labute approximate surface area is 195 Å². The summed E-state index contributed by atoms with van der Waals surface area (Å²) in [6.45, 7) is 4.63. The summed E-state index contributed by atoms with van der Waals surface area (Å²) in [5, 5.41) is 3.90. The van der Waals surface area contributed by atoms with Gasteiger partial charge >= 0.3 is 6.03 Å². The zero-order chi connectivity index (χ0) is 22.5. The molecule has 0 atom stereocenters. The second-order valence-corrected chi connectivity index (χ2v) is 7.98. The molecule has 1 saturated heterocycles. The van der Waals surface area contributed by atoms with E-state index in [9.17, 15) is 9.59 Å². The van der Waals surface area contributed by atoms with Gasteiger partial charge in [0.1, 0.15) is 12.3 Å². The van der Waals surface area contributed by atoms with E-state index in [0.29, 0.717) is 51.7 Å². The van der Waals surface area contributed by atoms with Crippen LogP contribution in [-0.4, -0.2) is 30.0 Å². The first-order chi connectivity index (χ1) is 14.8. The van der Waals surface area contributed by atoms with Crippen LogP contribution in [-0.2, 0) is 11.4 Å². The quantitative estimate of drug-likeness (QED) is 0.373. The van der Waals surface area contributed by atoms with Crippen molar-refractivity contribution in [3.8, 4) is 11.5 Å². The van der Waals surface area contributed by atoms with E-state index in [1.807, 2.05) is 13.8 Å². The first-order valence-electron chi connectivity index (χ1n) is 9.71. The summed E-state index contributed by atoms with van der Waals surface area (Å²) in [5.41, 5.74) is 1.51. The van der Waals surface area contributed by atoms with Crippen LogP contribution in [0.2, 0.25) is 15.1 Å². The van der Waals surface area contributed by atoms with Gasteiger partial charge in [-0.2, -0.15) is 0 Å². The maximum Gasteiger partial charge on any atom is 0.329 e. The Morgan fingerprint density at radius 2 is 1.81 bits per heavy atom. The Hall–Kier alpha value is -2.41. The van der Waals surface area contributed by atoms with Gasteiger partial charge < -0.3 is 14.8 Å². The fraction of sp³-hybridized carbons (Fsp3) is 0.273. The largest absolute Gasteiger partial charge is 0.490 e. The van der Waals surface area contributed by atoms with Gasteiger partial charge in [0, 0.05) is 22.2 Å². The molecular formula is C22H21Cl3N2O4. The highest BCUT2D eigenvalue weighted by atomic mass is 35.5. The molecule has 0 radical (unpaired) electrons. The standard InChI is InChI=1S/C22H21Cl3N2O4/c1-3-7-27-21(28)18(26-22(27)29)9-13-8-17(25)20(19(10-13)30-4-2)31-12-14-5-6-15(23)11-16(14)24/h5-6,8-11H,3-4,7,12H2,1-2H3,(H,26,29)/b18-9+. The van der Waals surface area contributed by atoms with Crippen LogP contribution in [0, 0.1) is 0 Å². The summed E-state index contributed by atoms with van der Waals surface area (Å²) in [5.74, 6) is 0.388. The number of carbonyl (C=O) groups is 2. The number of hydrogen-bond donors (Lipinski definition) is 1. The monoisotopic (exact) mass is 482 g/mol. The normalized spacial score (nSPS) is 14.9. The molecule has 1 heterocycles. The van der Waals surface area contributed by atoms with Crippen molar-refractivity contribution in [2.75, 3.05) is 13.2 Å². The third kappa shape index (κ3) is 5.45. The topological polar surface area (TPSA) is 67.9 Å². The lowest BCUT2D eigenvalue weighted by Crippen LogP contribution is -2.31. The highest BCUT2D eigenvalue weighted by Crippen LogP contribution is 2.38. The van der Waals surface area contributed by atoms with E-state index in [1.165, 1.54) is 4.90 Å². The van der Waals surface area contributed by atoms with E-state index in [1.54, 1.807) is 36.4 Å². The summed E-state index contributed by atoms with van der Waals surface area (Å²) in [4.78, 5) is 25.6. The van der Waals surface area contributed by atoms with Gasteiger partial charge in [0.2, 0.25) is 0 Å². The minimum absolute atomic E-state index is 0.163. The summed E-state index contributed by atoms with van der Waals surface area (Å²) in [6.07, 6.45) is 2.24. The van der Waals surface area contributed by atoms with Gasteiger partial charge in [0.25, 0.3) is 5.91 Å². The average molecular weight is 484 g/mol. The third-order valence-electron chi connectivity index (χ3n) is 4.44. The highest BCUT2D eigenvalue weighted by molar-refractivity contribution is 6.35. The second-order valence-electron chi connectivity index (χ2n) is 6.73. The average Bonchev–Trinajstić information content (AvgIpc) is 2.96. The number of carbonyl (C=O) groups excluding carboxylic acids is 2. The van der Waals surface area contributed by atoms with Crippen LogP contribution in [0.25, 0.3) is 6.08 Å². The van der Waals surface area contributed by atoms with E-state index >= 15 is 0 Å². The van der Waals surface area contributed by atoms with Crippen molar-refractivity contribution in [1.29, 1.82) is 0 Å². The van der Waals surface area contributed by atoms with E-state index in [4.69, 9.17) is 44.3 Å². The van der Waals surface area contributed by atoms with E-state index in [2.05, 4.69) is 5.32 Å². The molecule has 3 rings (SSSR count). The van der Waals surface area contributed by atoms with Crippen molar-refractivity contribution in [2.24, 2.45) is 0 Å². The molecule has 1 fully saturated rings. The predicted molar refractivity (Wildman–Crippen MR) is 122 cm³/mol. The molecule has 2 aromatic rings. The molecular weight excluding hydrogens is 463 g/mol. The molecule has 1 aliphatic heterocycles. The van der Waals surface area contributed by atoms with Gasteiger partial charge in [-0.05, 0) is 49.2 Å². The Bertz CT molecular complexity index is 1040. The Balaban J connectivity index is 1.86. The molecule has 3 amide bonds. The summed E-state index contributed by atoms with van der Waals surface area (Å²) in [7, 11) is 0. The minimum Gasteiger partial charge on any atom is -0.490 e. The lowest BCUT2D eigenvalue weighted by atomic mass is 10.1. The van der Waals surface area contributed by atoms with Crippen LogP contribution < -0.4 is 14.8 Å². The first-order valence-corrected chi connectivity index (χ1v) is 10.8. The number of ether oxygens (including phenoxy) is 2. The Morgan fingerprint density at radius 1 is 1.03 bits per heavy atom. The third-order valence-corrected chi connectivity index (χ3v) is 5.31. The number of amides is 3. The lowest BCUT2D eigenvalue weighted by Gasteiger charge is -2.15. The second kappa shape index (κ2) is 10.3. The molecule has 0 unspecified atom stereocenters. The van der Waals surface area contributed by atoms with E-state index in [-0.39, 0.29) is 18.2 Å². The van der Waals surface area contributed by atoms with Crippen molar-refractivity contribution in [3.05, 3.63) is 62.2 Å². The molecule has 2 aromatic carbocycles. The number of nitrogens with zero attached hydrogens (tertiary/aromatic N) is 1. The summed E-state index contributed by atoms with van der Waals surface area (Å²) >= 11 is 18.6. The van der Waals surface area contributed by atoms with Gasteiger partial charge in [-0.1, -0.05) is 47.8 Å². The van der Waals surface area contributed by atoms with Crippen molar-refractivity contribution in [1.82, 2.24) is 10.2 Å². The first kappa shape index (κ1) is 23.3. The van der Waals surface area contributed by atoms with Crippen molar-refractivity contribution < 1.29 is 19.1 Å². The molecule has 0 spiro atoms. The van der Waals surface area contributed by atoms with Crippen LogP contribution >= 0.6 is 34.8 Å². The number of imide groups is 1. The predicted octanol–water partition coefficient (Wildman–Crippen LogP) is 5.93. The Kier molecular flexibility index (Phi) is 7.70. The van der Waals surface area contributed by atoms with E-state index in [0.717, 1.165) is 5.56 Å². The Morgan fingerprint density at radius 3 is 2.48 bits per heavy atom. The molecule has 9 heteroatoms. The number of urea groups is 1. The molecule has 1 N–H and O–H groups in total. The van der Waals surface area contributed by atoms with Crippen molar-refractivity contribution in [3.63, 3.8) is 0 Å². The highest BCUT2D eigenvalue weighted by Gasteiger charge is 2.32. The molecule has 6 nitrogen and oxygen atoms in total. The number of hydrogen-bond acceptors (Lipinski definition) is 4. The van der Waals surface area contributed by atoms with Gasteiger partial charge in [-0.15, -0.1) is 0 Å². The van der Waals surface area contributed by atoms with Crippen LogP contribution in [0.3, 0.4) is 0 Å². The van der Waals surface area contributed by atoms with Crippen LogP contribution in [0.5, 0.6) is 11.5 Å². The zero-order valence-corrected chi connectivity index (χ0v) is 19.3. The van der Waals surface area contributed by atoms with Gasteiger partial charge in [0.05, 0.1) is 11.6 Å². The fourth-order valence-corrected chi connectivity index (χ4v) is 3.76. The lowest BCUT2D eigenvalue weighted by molar-refractivity contribution is -0.122. The van der Waals surface area contributed by atoms with Crippen LogP contribution in [0.1, 0.15) is 31.4 Å². The number of benzene rings is 2. The van der Waals surface area contributed by atoms with Gasteiger partial charge in [-0.25, -0.2) is 4.79 Å². The molecule has 1 aliphatic rings. The summed E-state index contributed by atoms with van der Waals surface area (Å²) in [6, 6.07) is 8.03. The van der Waals surface area contributed by atoms with E-state index < -0.39 is 6.03 Å². The van der Waals surface area contributed by atoms with Crippen molar-refractivity contribution >= 4 is 52.8 Å². The molecule has 0 saturated carbocycles. The SMILES string of the molecule is CCCN1C(=O)N/C(=C/c2cc(Cl)c(OCc3ccc(Cl)cc3Cl)c(OCC)c2)C1=O. The fourth-order valence-electron chi connectivity index (χ4n) is 3.03. The maximum absolute atomic E-state index is 12.5. The number of halogens is 3. The smallest absolute Gasteiger partial charge is 0.329 e. The molecule has 31 heavy (non-hydrogen) atoms. The van der Waals surface area contributed by atoms with Crippen LogP contribution in [0.15, 0.2) is 36.0 Å². The van der Waals surface area contributed by atoms with Gasteiger partial charge in [-0.3, -0.25) is 9.69 Å². The molecule has 0 aromatic heterocycles. The van der Waals surface area contributed by atoms with Crippen molar-refractivity contribution in [2.45, 2.75) is 26.9 Å². The minimum atomic E-state index is -0.436. The molecule has 0 aliphatic carbocycles. The maximum atomic E-state index is 12.5. The summed E-state index contributed by atoms with van der Waals surface area (Å²) < 4.78 is 11.6. The number of rotatable bonds is 8. The molecule has 0 bridgehead atoms. The zero-order valence-electron chi connectivity index (χ0n) is 17.0. The van der Waals surface area contributed by atoms with Gasteiger partial charge in [0.15, 0.2) is 11.5 Å². The molecule has 164 valence electrons.